The number of hydrogen-bond donors (Lipinski definition) is 2. The fourth-order valence-electron chi connectivity index (χ4n) is 2.70. The van der Waals surface area contributed by atoms with Gasteiger partial charge in [0.05, 0.1) is 0 Å². The number of rotatable bonds is 4. The van der Waals surface area contributed by atoms with Crippen LogP contribution < -0.4 is 5.32 Å². The molecule has 1 fully saturated rings. The lowest BCUT2D eigenvalue weighted by Gasteiger charge is -2.20. The van der Waals surface area contributed by atoms with Gasteiger partial charge in [0.15, 0.2) is 0 Å². The smallest absolute Gasteiger partial charge is 0.251 e. The van der Waals surface area contributed by atoms with Gasteiger partial charge in [0.25, 0.3) is 5.91 Å². The Labute approximate surface area is 120 Å². The van der Waals surface area contributed by atoms with Crippen LogP contribution in [0.1, 0.15) is 36.2 Å². The summed E-state index contributed by atoms with van der Waals surface area (Å²) in [6.07, 6.45) is 1.14. The minimum Gasteiger partial charge on any atom is -0.508 e. The zero-order valence-electron chi connectivity index (χ0n) is 12.5. The van der Waals surface area contributed by atoms with Crippen molar-refractivity contribution in [3.05, 3.63) is 29.3 Å². The fourth-order valence-corrected chi connectivity index (χ4v) is 2.70. The van der Waals surface area contributed by atoms with Crippen molar-refractivity contribution in [1.29, 1.82) is 0 Å². The van der Waals surface area contributed by atoms with Gasteiger partial charge in [0.2, 0.25) is 0 Å². The molecule has 2 N–H and O–H groups in total. The number of phenolic OH excluding ortho intramolecular Hbond substituents is 1. The Morgan fingerprint density at radius 2 is 2.25 bits per heavy atom. The molecule has 1 amide bonds. The number of carbonyl (C=O) groups is 1. The highest BCUT2D eigenvalue weighted by atomic mass is 16.3. The highest BCUT2D eigenvalue weighted by Crippen LogP contribution is 2.20. The van der Waals surface area contributed by atoms with Gasteiger partial charge in [-0.25, -0.2) is 0 Å². The Morgan fingerprint density at radius 3 is 2.90 bits per heavy atom. The summed E-state index contributed by atoms with van der Waals surface area (Å²) in [5, 5.41) is 12.6. The third kappa shape index (κ3) is 3.31. The van der Waals surface area contributed by atoms with Crippen LogP contribution in [0.4, 0.5) is 0 Å². The van der Waals surface area contributed by atoms with Crippen LogP contribution in [0.5, 0.6) is 5.75 Å². The van der Waals surface area contributed by atoms with E-state index < -0.39 is 0 Å². The molecule has 110 valence electrons. The third-order valence-corrected chi connectivity index (χ3v) is 4.15. The molecule has 0 aliphatic carbocycles. The van der Waals surface area contributed by atoms with Gasteiger partial charge < -0.3 is 15.3 Å². The number of nitrogens with one attached hydrogen (secondary N) is 1. The summed E-state index contributed by atoms with van der Waals surface area (Å²) in [5.41, 5.74) is 1.20. The van der Waals surface area contributed by atoms with E-state index in [9.17, 15) is 9.90 Å². The molecule has 1 saturated heterocycles. The lowest BCUT2D eigenvalue weighted by atomic mass is 10.1. The quantitative estimate of drug-likeness (QED) is 0.886. The Bertz CT molecular complexity index is 485. The molecule has 2 rings (SSSR count). The average Bonchev–Trinajstić information content (AvgIpc) is 2.88. The number of benzene rings is 1. The van der Waals surface area contributed by atoms with Gasteiger partial charge in [-0.1, -0.05) is 6.07 Å². The highest BCUT2D eigenvalue weighted by Gasteiger charge is 2.24. The first kappa shape index (κ1) is 14.9. The maximum atomic E-state index is 12.2. The highest BCUT2D eigenvalue weighted by molar-refractivity contribution is 5.96. The summed E-state index contributed by atoms with van der Waals surface area (Å²) in [6, 6.07) is 5.63. The van der Waals surface area contributed by atoms with Crippen molar-refractivity contribution in [2.75, 3.05) is 19.6 Å². The van der Waals surface area contributed by atoms with Gasteiger partial charge in [-0.05, 0) is 51.8 Å². The molecule has 1 aromatic carbocycles. The second kappa shape index (κ2) is 6.27. The van der Waals surface area contributed by atoms with Gasteiger partial charge in [0, 0.05) is 30.3 Å². The van der Waals surface area contributed by atoms with Crippen LogP contribution in [0.3, 0.4) is 0 Å². The Morgan fingerprint density at radius 1 is 1.50 bits per heavy atom. The van der Waals surface area contributed by atoms with Gasteiger partial charge in [-0.2, -0.15) is 0 Å². The number of likely N-dealkylation sites (tertiary alicyclic amines) is 1. The van der Waals surface area contributed by atoms with Gasteiger partial charge in [0.1, 0.15) is 5.75 Å². The molecule has 1 unspecified atom stereocenters. The van der Waals surface area contributed by atoms with Crippen LogP contribution in [-0.2, 0) is 0 Å². The number of hydrogen-bond acceptors (Lipinski definition) is 3. The van der Waals surface area contributed by atoms with E-state index in [-0.39, 0.29) is 11.7 Å². The van der Waals surface area contributed by atoms with Gasteiger partial charge in [-0.15, -0.1) is 0 Å². The zero-order valence-corrected chi connectivity index (χ0v) is 12.5. The van der Waals surface area contributed by atoms with Crippen LogP contribution in [0.2, 0.25) is 0 Å². The predicted octanol–water partition coefficient (Wildman–Crippen LogP) is 2.16. The average molecular weight is 276 g/mol. The van der Waals surface area contributed by atoms with Crippen LogP contribution in [0.25, 0.3) is 0 Å². The monoisotopic (exact) mass is 276 g/mol. The molecule has 1 aromatic rings. The van der Waals surface area contributed by atoms with E-state index in [1.54, 1.807) is 25.1 Å². The summed E-state index contributed by atoms with van der Waals surface area (Å²) in [7, 11) is 0. The second-order valence-electron chi connectivity index (χ2n) is 5.90. The van der Waals surface area contributed by atoms with Crippen molar-refractivity contribution in [3.8, 4) is 5.75 Å². The molecule has 20 heavy (non-hydrogen) atoms. The SMILES string of the molecule is Cc1c(O)cccc1C(=O)NCC1CCN(C(C)C)C1. The second-order valence-corrected chi connectivity index (χ2v) is 5.90. The van der Waals surface area contributed by atoms with Crippen molar-refractivity contribution in [2.24, 2.45) is 5.92 Å². The van der Waals surface area contributed by atoms with Crippen LogP contribution in [0, 0.1) is 12.8 Å². The van der Waals surface area contributed by atoms with E-state index in [0.29, 0.717) is 29.6 Å². The molecular formula is C16H24N2O2. The maximum absolute atomic E-state index is 12.2. The van der Waals surface area contributed by atoms with Gasteiger partial charge in [-0.3, -0.25) is 4.79 Å². The minimum absolute atomic E-state index is 0.0959. The van der Waals surface area contributed by atoms with Crippen molar-refractivity contribution in [1.82, 2.24) is 10.2 Å². The molecule has 0 saturated carbocycles. The minimum atomic E-state index is -0.0959. The first-order chi connectivity index (χ1) is 9.49. The number of amides is 1. The van der Waals surface area contributed by atoms with E-state index in [1.165, 1.54) is 0 Å². The van der Waals surface area contributed by atoms with Crippen LogP contribution >= 0.6 is 0 Å². The topological polar surface area (TPSA) is 52.6 Å². The summed E-state index contributed by atoms with van der Waals surface area (Å²) < 4.78 is 0. The number of aromatic hydroxyl groups is 1. The van der Waals surface area contributed by atoms with E-state index in [2.05, 4.69) is 24.1 Å². The Hall–Kier alpha value is -1.55. The normalized spacial score (nSPS) is 19.5. The molecule has 0 bridgehead atoms. The molecular weight excluding hydrogens is 252 g/mol. The van der Waals surface area contributed by atoms with E-state index in [1.807, 2.05) is 0 Å². The van der Waals surface area contributed by atoms with Crippen molar-refractivity contribution in [3.63, 3.8) is 0 Å². The fraction of sp³-hybridized carbons (Fsp3) is 0.562. The van der Waals surface area contributed by atoms with E-state index in [0.717, 1.165) is 19.5 Å². The number of carbonyl (C=O) groups excluding carboxylic acids is 1. The molecule has 1 atom stereocenters. The first-order valence-electron chi connectivity index (χ1n) is 7.30. The lowest BCUT2D eigenvalue weighted by molar-refractivity contribution is 0.0946. The Balaban J connectivity index is 1.89. The number of phenols is 1. The summed E-state index contributed by atoms with van der Waals surface area (Å²) in [5.74, 6) is 0.602. The summed E-state index contributed by atoms with van der Waals surface area (Å²) >= 11 is 0. The van der Waals surface area contributed by atoms with Crippen molar-refractivity contribution < 1.29 is 9.90 Å². The zero-order chi connectivity index (χ0) is 14.7. The molecule has 1 heterocycles. The maximum Gasteiger partial charge on any atom is 0.251 e. The lowest BCUT2D eigenvalue weighted by Crippen LogP contribution is -2.33. The Kier molecular flexibility index (Phi) is 4.65. The molecule has 1 aliphatic heterocycles. The molecule has 0 spiro atoms. The molecule has 0 radical (unpaired) electrons. The largest absolute Gasteiger partial charge is 0.508 e. The standard InChI is InChI=1S/C16H24N2O2/c1-11(2)18-8-7-13(10-18)9-17-16(20)14-5-4-6-15(19)12(14)3/h4-6,11,13,19H,7-10H2,1-3H3,(H,17,20). The van der Waals surface area contributed by atoms with Gasteiger partial charge >= 0.3 is 0 Å². The van der Waals surface area contributed by atoms with Crippen LogP contribution in [0.15, 0.2) is 18.2 Å². The van der Waals surface area contributed by atoms with E-state index in [4.69, 9.17) is 0 Å². The number of nitrogens with zero attached hydrogens (tertiary/aromatic N) is 1. The molecule has 4 nitrogen and oxygen atoms in total. The predicted molar refractivity (Wildman–Crippen MR) is 80.0 cm³/mol. The first-order valence-corrected chi connectivity index (χ1v) is 7.30. The van der Waals surface area contributed by atoms with Crippen molar-refractivity contribution in [2.45, 2.75) is 33.2 Å². The molecule has 0 aromatic heterocycles. The molecule has 4 heteroatoms. The molecule has 1 aliphatic rings. The third-order valence-electron chi connectivity index (χ3n) is 4.15. The van der Waals surface area contributed by atoms with Crippen molar-refractivity contribution >= 4 is 5.91 Å². The van der Waals surface area contributed by atoms with E-state index >= 15 is 0 Å². The summed E-state index contributed by atoms with van der Waals surface area (Å²) in [4.78, 5) is 14.6. The summed E-state index contributed by atoms with van der Waals surface area (Å²) in [6.45, 7) is 9.05. The van der Waals surface area contributed by atoms with Crippen LogP contribution in [-0.4, -0.2) is 41.6 Å².